The maximum absolute atomic E-state index is 6.37. The molecule has 0 spiro atoms. The number of rotatable bonds is 6. The number of nitrogens with zero attached hydrogens (tertiary/aromatic N) is 5. The number of anilines is 1. The van der Waals surface area contributed by atoms with Gasteiger partial charge in [-0.25, -0.2) is 0 Å². The third kappa shape index (κ3) is 7.73. The van der Waals surface area contributed by atoms with Gasteiger partial charge >= 0.3 is 0 Å². The highest BCUT2D eigenvalue weighted by Crippen LogP contribution is 2.26. The molecule has 1 aromatic carbocycles. The Morgan fingerprint density at radius 2 is 1.80 bits per heavy atom. The summed E-state index contributed by atoms with van der Waals surface area (Å²) in [6, 6.07) is 8.12. The third-order valence-electron chi connectivity index (χ3n) is 5.81. The molecule has 1 aromatic rings. The van der Waals surface area contributed by atoms with Crippen LogP contribution in [0.3, 0.4) is 0 Å². The first-order valence-electron chi connectivity index (χ1n) is 11.1. The fourth-order valence-electron chi connectivity index (χ4n) is 4.10. The summed E-state index contributed by atoms with van der Waals surface area (Å²) in [6.45, 7) is 13.8. The number of guanidine groups is 1. The van der Waals surface area contributed by atoms with E-state index in [1.54, 1.807) is 0 Å². The standard InChI is InChI=1S/C22H37ClN6.HI/c1-3-24-22(25-10-6-12-27-13-7-11-26(2)14-15-27)29-18-16-28(17-19-29)21-9-5-4-8-20(21)23;/h4-5,8-9H,3,6-7,10-19H2,1-2H3,(H,24,25);1H. The molecule has 0 unspecified atom stereocenters. The Hall–Kier alpha value is -0.770. The Morgan fingerprint density at radius 1 is 1.03 bits per heavy atom. The molecule has 2 aliphatic heterocycles. The van der Waals surface area contributed by atoms with Crippen molar-refractivity contribution in [2.24, 2.45) is 4.99 Å². The van der Waals surface area contributed by atoms with E-state index in [9.17, 15) is 0 Å². The van der Waals surface area contributed by atoms with Crippen molar-refractivity contribution in [3.8, 4) is 0 Å². The number of likely N-dealkylation sites (N-methyl/N-ethyl adjacent to an activating group) is 1. The Balaban J connectivity index is 0.00000320. The second kappa shape index (κ2) is 13.6. The van der Waals surface area contributed by atoms with E-state index >= 15 is 0 Å². The van der Waals surface area contributed by atoms with Gasteiger partial charge < -0.3 is 24.9 Å². The minimum absolute atomic E-state index is 0. The molecule has 2 heterocycles. The number of aliphatic imine (C=N–C) groups is 1. The van der Waals surface area contributed by atoms with E-state index in [1.807, 2.05) is 12.1 Å². The summed E-state index contributed by atoms with van der Waals surface area (Å²) in [5.41, 5.74) is 1.14. The molecule has 30 heavy (non-hydrogen) atoms. The number of halogens is 2. The first-order chi connectivity index (χ1) is 14.2. The maximum Gasteiger partial charge on any atom is 0.194 e. The van der Waals surface area contributed by atoms with Crippen molar-refractivity contribution in [3.63, 3.8) is 0 Å². The van der Waals surface area contributed by atoms with Crippen molar-refractivity contribution in [2.45, 2.75) is 19.8 Å². The Morgan fingerprint density at radius 3 is 2.53 bits per heavy atom. The van der Waals surface area contributed by atoms with Crippen LogP contribution >= 0.6 is 35.6 Å². The van der Waals surface area contributed by atoms with Crippen molar-refractivity contribution in [2.75, 3.05) is 83.9 Å². The van der Waals surface area contributed by atoms with Crippen LogP contribution in [0.5, 0.6) is 0 Å². The Labute approximate surface area is 204 Å². The van der Waals surface area contributed by atoms with Crippen LogP contribution in [0.4, 0.5) is 5.69 Å². The van der Waals surface area contributed by atoms with Gasteiger partial charge in [0.15, 0.2) is 5.96 Å². The van der Waals surface area contributed by atoms with Gasteiger partial charge in [-0.2, -0.15) is 0 Å². The molecular formula is C22H38ClIN6. The number of hydrogen-bond acceptors (Lipinski definition) is 4. The van der Waals surface area contributed by atoms with E-state index < -0.39 is 0 Å². The van der Waals surface area contributed by atoms with Crippen molar-refractivity contribution >= 4 is 47.2 Å². The largest absolute Gasteiger partial charge is 0.367 e. The minimum Gasteiger partial charge on any atom is -0.367 e. The molecule has 0 aliphatic carbocycles. The van der Waals surface area contributed by atoms with E-state index in [-0.39, 0.29) is 24.0 Å². The van der Waals surface area contributed by atoms with Crippen molar-refractivity contribution in [1.29, 1.82) is 0 Å². The van der Waals surface area contributed by atoms with Gasteiger partial charge in [0.25, 0.3) is 0 Å². The maximum atomic E-state index is 6.37. The first-order valence-corrected chi connectivity index (χ1v) is 11.5. The zero-order chi connectivity index (χ0) is 20.5. The van der Waals surface area contributed by atoms with E-state index in [4.69, 9.17) is 16.6 Å². The topological polar surface area (TPSA) is 37.4 Å². The van der Waals surface area contributed by atoms with Crippen LogP contribution in [-0.4, -0.2) is 99.7 Å². The van der Waals surface area contributed by atoms with Gasteiger partial charge in [-0.15, -0.1) is 24.0 Å². The Kier molecular flexibility index (Phi) is 11.6. The molecule has 0 amide bonds. The molecule has 0 radical (unpaired) electrons. The highest BCUT2D eigenvalue weighted by atomic mass is 127. The van der Waals surface area contributed by atoms with Gasteiger partial charge in [-0.1, -0.05) is 23.7 Å². The lowest BCUT2D eigenvalue weighted by Gasteiger charge is -2.38. The highest BCUT2D eigenvalue weighted by molar-refractivity contribution is 14.0. The van der Waals surface area contributed by atoms with Crippen LogP contribution in [0.25, 0.3) is 0 Å². The zero-order valence-electron chi connectivity index (χ0n) is 18.5. The van der Waals surface area contributed by atoms with Crippen LogP contribution < -0.4 is 10.2 Å². The van der Waals surface area contributed by atoms with Crippen LogP contribution in [0.15, 0.2) is 29.3 Å². The second-order valence-electron chi connectivity index (χ2n) is 8.01. The normalized spacial score (nSPS) is 19.4. The molecule has 6 nitrogen and oxygen atoms in total. The number of para-hydroxylation sites is 1. The summed E-state index contributed by atoms with van der Waals surface area (Å²) < 4.78 is 0. The molecule has 170 valence electrons. The molecule has 0 bridgehead atoms. The highest BCUT2D eigenvalue weighted by Gasteiger charge is 2.21. The van der Waals surface area contributed by atoms with Crippen molar-refractivity contribution in [1.82, 2.24) is 20.0 Å². The molecule has 2 saturated heterocycles. The number of hydrogen-bond donors (Lipinski definition) is 1. The fourth-order valence-corrected chi connectivity index (χ4v) is 4.35. The molecule has 0 atom stereocenters. The number of benzene rings is 1. The Bertz CT molecular complexity index is 650. The summed E-state index contributed by atoms with van der Waals surface area (Å²) in [7, 11) is 2.22. The van der Waals surface area contributed by atoms with E-state index in [2.05, 4.69) is 51.0 Å². The molecule has 2 fully saturated rings. The quantitative estimate of drug-likeness (QED) is 0.256. The average Bonchev–Trinajstić information content (AvgIpc) is 2.95. The van der Waals surface area contributed by atoms with E-state index in [1.165, 1.54) is 32.6 Å². The minimum atomic E-state index is 0. The number of piperazine rings is 1. The SMILES string of the molecule is CCNC(=NCCCN1CCCN(C)CC1)N1CCN(c2ccccc2Cl)CC1.I. The van der Waals surface area contributed by atoms with Crippen LogP contribution in [0.1, 0.15) is 19.8 Å². The lowest BCUT2D eigenvalue weighted by atomic mass is 10.2. The predicted molar refractivity (Wildman–Crippen MR) is 140 cm³/mol. The van der Waals surface area contributed by atoms with Crippen molar-refractivity contribution < 1.29 is 0 Å². The second-order valence-corrected chi connectivity index (χ2v) is 8.42. The molecule has 0 aromatic heterocycles. The third-order valence-corrected chi connectivity index (χ3v) is 6.13. The molecule has 8 heteroatoms. The van der Waals surface area contributed by atoms with Crippen LogP contribution in [-0.2, 0) is 0 Å². The van der Waals surface area contributed by atoms with Gasteiger partial charge in [-0.3, -0.25) is 4.99 Å². The molecule has 0 saturated carbocycles. The van der Waals surface area contributed by atoms with E-state index in [0.717, 1.165) is 68.9 Å². The molecule has 2 aliphatic rings. The first kappa shape index (κ1) is 25.5. The van der Waals surface area contributed by atoms with E-state index in [0.29, 0.717) is 0 Å². The summed E-state index contributed by atoms with van der Waals surface area (Å²) in [5, 5.41) is 4.32. The molecule has 1 N–H and O–H groups in total. The summed E-state index contributed by atoms with van der Waals surface area (Å²) in [6.07, 6.45) is 2.40. The summed E-state index contributed by atoms with van der Waals surface area (Å²) in [5.74, 6) is 1.06. The van der Waals surface area contributed by atoms with Gasteiger partial charge in [0.1, 0.15) is 0 Å². The zero-order valence-corrected chi connectivity index (χ0v) is 21.6. The summed E-state index contributed by atoms with van der Waals surface area (Å²) in [4.78, 5) is 14.7. The van der Waals surface area contributed by atoms with Gasteiger partial charge in [0, 0.05) is 52.4 Å². The smallest absolute Gasteiger partial charge is 0.194 e. The predicted octanol–water partition coefficient (Wildman–Crippen LogP) is 3.07. The average molecular weight is 549 g/mol. The van der Waals surface area contributed by atoms with Crippen LogP contribution in [0, 0.1) is 0 Å². The van der Waals surface area contributed by atoms with Gasteiger partial charge in [0.2, 0.25) is 0 Å². The van der Waals surface area contributed by atoms with Crippen molar-refractivity contribution in [3.05, 3.63) is 29.3 Å². The van der Waals surface area contributed by atoms with Crippen LogP contribution in [0.2, 0.25) is 5.02 Å². The lowest BCUT2D eigenvalue weighted by Crippen LogP contribution is -2.52. The molecule has 3 rings (SSSR count). The summed E-state index contributed by atoms with van der Waals surface area (Å²) >= 11 is 6.37. The lowest BCUT2D eigenvalue weighted by molar-refractivity contribution is 0.274. The fraction of sp³-hybridized carbons (Fsp3) is 0.682. The van der Waals surface area contributed by atoms with Gasteiger partial charge in [-0.05, 0) is 58.6 Å². The van der Waals surface area contributed by atoms with Gasteiger partial charge in [0.05, 0.1) is 10.7 Å². The monoisotopic (exact) mass is 548 g/mol. The molecular weight excluding hydrogens is 511 g/mol. The number of nitrogens with one attached hydrogen (secondary N) is 1.